The van der Waals surface area contributed by atoms with Gasteiger partial charge in [0, 0.05) is 37.9 Å². The van der Waals surface area contributed by atoms with Crippen LogP contribution in [0.1, 0.15) is 31.5 Å². The third-order valence-electron chi connectivity index (χ3n) is 4.40. The van der Waals surface area contributed by atoms with E-state index in [1.54, 1.807) is 0 Å². The first-order chi connectivity index (χ1) is 11.7. The van der Waals surface area contributed by atoms with E-state index in [0.717, 1.165) is 31.8 Å². The van der Waals surface area contributed by atoms with E-state index in [9.17, 15) is 9.18 Å². The molecule has 3 rings (SSSR count). The highest BCUT2D eigenvalue weighted by Gasteiger charge is 2.27. The second-order valence-corrected chi connectivity index (χ2v) is 5.99. The Morgan fingerprint density at radius 3 is 2.92 bits per heavy atom. The van der Waals surface area contributed by atoms with Gasteiger partial charge in [0.15, 0.2) is 6.61 Å². The summed E-state index contributed by atoms with van der Waals surface area (Å²) in [6.07, 6.45) is 5.80. The summed E-state index contributed by atoms with van der Waals surface area (Å²) in [4.78, 5) is 18.7. The zero-order valence-corrected chi connectivity index (χ0v) is 13.8. The molecule has 1 atom stereocenters. The average Bonchev–Trinajstić information content (AvgIpc) is 3.10. The van der Waals surface area contributed by atoms with Crippen molar-refractivity contribution < 1.29 is 13.9 Å². The molecule has 2 aromatic rings. The maximum atomic E-state index is 12.9. The van der Waals surface area contributed by atoms with Crippen LogP contribution in [0.15, 0.2) is 36.7 Å². The van der Waals surface area contributed by atoms with Crippen LogP contribution in [0.4, 0.5) is 4.39 Å². The van der Waals surface area contributed by atoms with Crippen LogP contribution in [-0.4, -0.2) is 40.1 Å². The highest BCUT2D eigenvalue weighted by atomic mass is 19.1. The smallest absolute Gasteiger partial charge is 0.260 e. The first-order valence-corrected chi connectivity index (χ1v) is 8.34. The van der Waals surface area contributed by atoms with E-state index in [1.165, 1.54) is 24.3 Å². The maximum Gasteiger partial charge on any atom is 0.260 e. The molecular weight excluding hydrogens is 309 g/mol. The van der Waals surface area contributed by atoms with Crippen LogP contribution in [-0.2, 0) is 11.3 Å². The van der Waals surface area contributed by atoms with Crippen molar-refractivity contribution in [3.8, 4) is 5.75 Å². The lowest BCUT2D eigenvalue weighted by molar-refractivity contribution is -0.134. The number of nitrogens with zero attached hydrogens (tertiary/aromatic N) is 3. The molecule has 1 fully saturated rings. The van der Waals surface area contributed by atoms with Gasteiger partial charge in [-0.25, -0.2) is 9.37 Å². The number of halogens is 1. The van der Waals surface area contributed by atoms with E-state index in [-0.39, 0.29) is 24.2 Å². The Hall–Kier alpha value is -2.37. The van der Waals surface area contributed by atoms with Gasteiger partial charge in [0.2, 0.25) is 0 Å². The molecule has 0 aliphatic carbocycles. The third kappa shape index (κ3) is 3.75. The first-order valence-electron chi connectivity index (χ1n) is 8.34. The van der Waals surface area contributed by atoms with Crippen LogP contribution >= 0.6 is 0 Å². The number of carbonyl (C=O) groups excluding carboxylic acids is 1. The van der Waals surface area contributed by atoms with Crippen molar-refractivity contribution in [2.45, 2.75) is 32.2 Å². The average molecular weight is 331 g/mol. The zero-order chi connectivity index (χ0) is 16.9. The number of ether oxygens (including phenoxy) is 1. The van der Waals surface area contributed by atoms with Crippen molar-refractivity contribution in [1.29, 1.82) is 0 Å². The van der Waals surface area contributed by atoms with Crippen molar-refractivity contribution in [2.75, 3.05) is 19.7 Å². The van der Waals surface area contributed by atoms with Gasteiger partial charge in [-0.2, -0.15) is 0 Å². The highest BCUT2D eigenvalue weighted by Crippen LogP contribution is 2.26. The number of imidazole rings is 1. The number of amides is 1. The lowest BCUT2D eigenvalue weighted by atomic mass is 9.97. The van der Waals surface area contributed by atoms with E-state index >= 15 is 0 Å². The number of benzene rings is 1. The van der Waals surface area contributed by atoms with Gasteiger partial charge >= 0.3 is 0 Å². The molecule has 1 aromatic heterocycles. The number of rotatable bonds is 5. The Labute approximate surface area is 141 Å². The van der Waals surface area contributed by atoms with Crippen LogP contribution in [0.3, 0.4) is 0 Å². The predicted octanol–water partition coefficient (Wildman–Crippen LogP) is 2.83. The number of hydrogen-bond donors (Lipinski definition) is 0. The minimum absolute atomic E-state index is 0.0272. The molecule has 0 unspecified atom stereocenters. The summed E-state index contributed by atoms with van der Waals surface area (Å²) in [5.41, 5.74) is 0. The summed E-state index contributed by atoms with van der Waals surface area (Å²) >= 11 is 0. The summed E-state index contributed by atoms with van der Waals surface area (Å²) in [6, 6.07) is 5.70. The van der Waals surface area contributed by atoms with Crippen molar-refractivity contribution in [2.24, 2.45) is 0 Å². The Morgan fingerprint density at radius 2 is 2.17 bits per heavy atom. The fourth-order valence-electron chi connectivity index (χ4n) is 3.13. The molecule has 0 radical (unpaired) electrons. The molecule has 1 aliphatic heterocycles. The highest BCUT2D eigenvalue weighted by molar-refractivity contribution is 5.78. The molecule has 1 saturated heterocycles. The summed E-state index contributed by atoms with van der Waals surface area (Å²) in [5, 5.41) is 0. The van der Waals surface area contributed by atoms with Gasteiger partial charge in [0.25, 0.3) is 5.91 Å². The number of aromatic nitrogens is 2. The normalized spacial score (nSPS) is 17.8. The molecule has 128 valence electrons. The molecule has 0 N–H and O–H groups in total. The Balaban J connectivity index is 1.58. The second-order valence-electron chi connectivity index (χ2n) is 5.99. The predicted molar refractivity (Wildman–Crippen MR) is 88.4 cm³/mol. The van der Waals surface area contributed by atoms with E-state index < -0.39 is 0 Å². The van der Waals surface area contributed by atoms with Crippen LogP contribution in [0.5, 0.6) is 5.75 Å². The lowest BCUT2D eigenvalue weighted by Crippen LogP contribution is -2.42. The van der Waals surface area contributed by atoms with Crippen LogP contribution < -0.4 is 4.74 Å². The molecule has 6 heteroatoms. The topological polar surface area (TPSA) is 47.4 Å². The summed E-state index contributed by atoms with van der Waals surface area (Å²) in [7, 11) is 0. The van der Waals surface area contributed by atoms with Gasteiger partial charge in [-0.1, -0.05) is 0 Å². The molecule has 0 spiro atoms. The monoisotopic (exact) mass is 331 g/mol. The van der Waals surface area contributed by atoms with Crippen molar-refractivity contribution in [3.05, 3.63) is 48.3 Å². The van der Waals surface area contributed by atoms with Gasteiger partial charge < -0.3 is 14.2 Å². The molecular formula is C18H22FN3O2. The molecule has 0 saturated carbocycles. The van der Waals surface area contributed by atoms with Crippen molar-refractivity contribution in [3.63, 3.8) is 0 Å². The maximum absolute atomic E-state index is 12.9. The number of piperidine rings is 1. The summed E-state index contributed by atoms with van der Waals surface area (Å²) < 4.78 is 20.5. The fraction of sp³-hybridized carbons (Fsp3) is 0.444. The van der Waals surface area contributed by atoms with E-state index in [4.69, 9.17) is 4.74 Å². The van der Waals surface area contributed by atoms with Gasteiger partial charge in [-0.3, -0.25) is 4.79 Å². The molecule has 1 aromatic carbocycles. The zero-order valence-electron chi connectivity index (χ0n) is 13.8. The lowest BCUT2D eigenvalue weighted by Gasteiger charge is -2.32. The number of hydrogen-bond acceptors (Lipinski definition) is 3. The van der Waals surface area contributed by atoms with Crippen molar-refractivity contribution >= 4 is 5.91 Å². The van der Waals surface area contributed by atoms with Crippen LogP contribution in [0, 0.1) is 5.82 Å². The fourth-order valence-corrected chi connectivity index (χ4v) is 3.13. The molecule has 2 heterocycles. The van der Waals surface area contributed by atoms with E-state index in [1.807, 2.05) is 17.3 Å². The second kappa shape index (κ2) is 7.47. The first kappa shape index (κ1) is 16.5. The SMILES string of the molecule is CCn1ccnc1[C@@H]1CCCN(C(=O)COc2ccc(F)cc2)C1. The molecule has 1 aliphatic rings. The van der Waals surface area contributed by atoms with Gasteiger partial charge in [0.1, 0.15) is 17.4 Å². The molecule has 24 heavy (non-hydrogen) atoms. The molecule has 5 nitrogen and oxygen atoms in total. The summed E-state index contributed by atoms with van der Waals surface area (Å²) in [5.74, 6) is 1.45. The minimum Gasteiger partial charge on any atom is -0.484 e. The largest absolute Gasteiger partial charge is 0.484 e. The van der Waals surface area contributed by atoms with Crippen LogP contribution in [0.2, 0.25) is 0 Å². The molecule has 1 amide bonds. The quantitative estimate of drug-likeness (QED) is 0.846. The van der Waals surface area contributed by atoms with Gasteiger partial charge in [0.05, 0.1) is 0 Å². The van der Waals surface area contributed by atoms with Crippen LogP contribution in [0.25, 0.3) is 0 Å². The minimum atomic E-state index is -0.320. The number of aryl methyl sites for hydroxylation is 1. The standard InChI is InChI=1S/C18H22FN3O2/c1-2-21-11-9-20-18(21)14-4-3-10-22(12-14)17(23)13-24-16-7-5-15(19)6-8-16/h5-9,11,14H,2-4,10,12-13H2,1H3/t14-/m1/s1. The summed E-state index contributed by atoms with van der Waals surface area (Å²) in [6.45, 7) is 4.36. The van der Waals surface area contributed by atoms with Gasteiger partial charge in [-0.05, 0) is 44.0 Å². The Bertz CT molecular complexity index is 684. The third-order valence-corrected chi connectivity index (χ3v) is 4.40. The number of likely N-dealkylation sites (tertiary alicyclic amines) is 1. The van der Waals surface area contributed by atoms with E-state index in [0.29, 0.717) is 12.3 Å². The van der Waals surface area contributed by atoms with Crippen molar-refractivity contribution in [1.82, 2.24) is 14.5 Å². The molecule has 0 bridgehead atoms. The van der Waals surface area contributed by atoms with Gasteiger partial charge in [-0.15, -0.1) is 0 Å². The van der Waals surface area contributed by atoms with E-state index in [2.05, 4.69) is 16.5 Å². The Morgan fingerprint density at radius 1 is 1.38 bits per heavy atom. The number of carbonyl (C=O) groups is 1. The Kier molecular flexibility index (Phi) is 5.13.